The first kappa shape index (κ1) is 18.6. The Hall–Kier alpha value is -2.81. The fraction of sp³-hybridized carbons (Fsp3) is 0.542. The van der Waals surface area contributed by atoms with Crippen LogP contribution in [0.4, 0.5) is 10.9 Å². The molecule has 8 rings (SSSR count). The summed E-state index contributed by atoms with van der Waals surface area (Å²) in [5.74, 6) is 5.49. The predicted octanol–water partition coefficient (Wildman–Crippen LogP) is 3.41. The van der Waals surface area contributed by atoms with Crippen molar-refractivity contribution in [2.45, 2.75) is 50.7 Å². The molecule has 6 heterocycles. The van der Waals surface area contributed by atoms with Crippen molar-refractivity contribution in [3.63, 3.8) is 0 Å². The minimum atomic E-state index is 0.263. The highest BCUT2D eigenvalue weighted by Crippen LogP contribution is 2.54. The van der Waals surface area contributed by atoms with E-state index in [-0.39, 0.29) is 5.92 Å². The van der Waals surface area contributed by atoms with Crippen LogP contribution in [0.5, 0.6) is 11.5 Å². The van der Waals surface area contributed by atoms with Crippen LogP contribution in [-0.4, -0.2) is 51.1 Å². The lowest BCUT2D eigenvalue weighted by atomic mass is 9.91. The highest BCUT2D eigenvalue weighted by atomic mass is 32.1. The molecule has 33 heavy (non-hydrogen) atoms. The van der Waals surface area contributed by atoms with Crippen LogP contribution >= 0.6 is 11.5 Å². The average Bonchev–Trinajstić information content (AvgIpc) is 3.45. The third kappa shape index (κ3) is 2.71. The van der Waals surface area contributed by atoms with E-state index in [4.69, 9.17) is 19.6 Å². The maximum absolute atomic E-state index is 5.62. The second kappa shape index (κ2) is 6.62. The van der Waals surface area contributed by atoms with Gasteiger partial charge in [0.05, 0.1) is 17.8 Å². The van der Waals surface area contributed by atoms with Gasteiger partial charge in [-0.15, -0.1) is 5.10 Å². The lowest BCUT2D eigenvalue weighted by Crippen LogP contribution is -2.22. The van der Waals surface area contributed by atoms with Gasteiger partial charge in [0.2, 0.25) is 12.7 Å². The van der Waals surface area contributed by atoms with E-state index in [2.05, 4.69) is 44.0 Å². The van der Waals surface area contributed by atoms with Gasteiger partial charge in [0.15, 0.2) is 11.5 Å². The second-order valence-corrected chi connectivity index (χ2v) is 10.9. The van der Waals surface area contributed by atoms with Crippen molar-refractivity contribution in [1.82, 2.24) is 19.1 Å². The molecule has 2 saturated heterocycles. The lowest BCUT2D eigenvalue weighted by Gasteiger charge is -2.22. The van der Waals surface area contributed by atoms with E-state index in [1.165, 1.54) is 23.5 Å². The second-order valence-electron chi connectivity index (χ2n) is 10.1. The molecule has 8 nitrogen and oxygen atoms in total. The van der Waals surface area contributed by atoms with Gasteiger partial charge in [-0.25, -0.2) is 4.68 Å². The number of aromatic nitrogens is 4. The first-order chi connectivity index (χ1) is 16.2. The van der Waals surface area contributed by atoms with E-state index in [0.717, 1.165) is 60.8 Å². The van der Waals surface area contributed by atoms with E-state index in [1.54, 1.807) is 11.5 Å². The van der Waals surface area contributed by atoms with Crippen molar-refractivity contribution in [1.29, 1.82) is 0 Å². The summed E-state index contributed by atoms with van der Waals surface area (Å²) in [5, 5.41) is 6.32. The number of benzene rings is 1. The molecule has 0 N–H and O–H groups in total. The first-order valence-corrected chi connectivity index (χ1v) is 12.8. The lowest BCUT2D eigenvalue weighted by molar-refractivity contribution is 0.174. The number of hydrogen-bond acceptors (Lipinski definition) is 8. The zero-order valence-electron chi connectivity index (χ0n) is 18.6. The quantitative estimate of drug-likeness (QED) is 0.553. The van der Waals surface area contributed by atoms with E-state index >= 15 is 0 Å². The zero-order valence-corrected chi connectivity index (χ0v) is 19.4. The molecule has 1 aromatic carbocycles. The topological polar surface area (TPSA) is 68.3 Å². The minimum absolute atomic E-state index is 0.263. The van der Waals surface area contributed by atoms with Crippen LogP contribution in [0.1, 0.15) is 42.3 Å². The number of hydrogen-bond donors (Lipinski definition) is 0. The highest BCUT2D eigenvalue weighted by Gasteiger charge is 2.64. The molecule has 9 heteroatoms. The molecule has 0 amide bonds. The predicted molar refractivity (Wildman–Crippen MR) is 124 cm³/mol. The van der Waals surface area contributed by atoms with Gasteiger partial charge < -0.3 is 19.3 Å². The minimum Gasteiger partial charge on any atom is -0.454 e. The van der Waals surface area contributed by atoms with Crippen LogP contribution in [0.2, 0.25) is 0 Å². The Labute approximate surface area is 196 Å². The van der Waals surface area contributed by atoms with Crippen LogP contribution < -0.4 is 19.3 Å². The van der Waals surface area contributed by atoms with E-state index in [0.29, 0.717) is 24.8 Å². The van der Waals surface area contributed by atoms with Crippen molar-refractivity contribution >= 4 is 22.5 Å². The maximum atomic E-state index is 5.62. The smallest absolute Gasteiger partial charge is 0.245 e. The number of ether oxygens (including phenoxy) is 2. The Kier molecular flexibility index (Phi) is 3.73. The summed E-state index contributed by atoms with van der Waals surface area (Å²) in [6, 6.07) is 9.77. The maximum Gasteiger partial charge on any atom is 0.245 e. The van der Waals surface area contributed by atoms with E-state index < -0.39 is 0 Å². The molecule has 170 valence electrons. The van der Waals surface area contributed by atoms with Gasteiger partial charge >= 0.3 is 0 Å². The Morgan fingerprint density at radius 2 is 2.06 bits per heavy atom. The summed E-state index contributed by atoms with van der Waals surface area (Å²) in [6.07, 6.45) is 3.48. The first-order valence-electron chi connectivity index (χ1n) is 12.0. The van der Waals surface area contributed by atoms with E-state index in [9.17, 15) is 0 Å². The molecule has 5 atom stereocenters. The van der Waals surface area contributed by atoms with Gasteiger partial charge in [-0.05, 0) is 67.4 Å². The fourth-order valence-corrected chi connectivity index (χ4v) is 7.52. The van der Waals surface area contributed by atoms with Gasteiger partial charge in [-0.1, -0.05) is 6.07 Å². The molecule has 3 fully saturated rings. The van der Waals surface area contributed by atoms with Gasteiger partial charge in [0, 0.05) is 31.5 Å². The number of anilines is 2. The third-order valence-corrected chi connectivity index (χ3v) is 9.22. The summed E-state index contributed by atoms with van der Waals surface area (Å²) in [5.41, 5.74) is 2.37. The number of aryl methyl sites for hydroxylation is 2. The third-order valence-electron chi connectivity index (χ3n) is 8.28. The number of piperidine rings is 1. The molecule has 1 saturated carbocycles. The molecule has 5 aliphatic rings. The van der Waals surface area contributed by atoms with Gasteiger partial charge in [0.1, 0.15) is 10.8 Å². The van der Waals surface area contributed by atoms with Crippen LogP contribution in [0.25, 0.3) is 0 Å². The molecule has 2 unspecified atom stereocenters. The van der Waals surface area contributed by atoms with Gasteiger partial charge in [0.25, 0.3) is 0 Å². The Balaban J connectivity index is 1.04. The summed E-state index contributed by atoms with van der Waals surface area (Å²) in [6.45, 7) is 5.66. The Bertz CT molecular complexity index is 1260. The van der Waals surface area contributed by atoms with Crippen molar-refractivity contribution in [2.75, 3.05) is 29.7 Å². The van der Waals surface area contributed by atoms with Crippen LogP contribution in [-0.2, 0) is 6.54 Å². The molecule has 0 spiro atoms. The van der Waals surface area contributed by atoms with Gasteiger partial charge in [-0.2, -0.15) is 9.36 Å². The SMILES string of the molecule is Cc1cc(N2CC3C[C@@H]4[C@H]([C@@H]3C2)N4c2nc3n(n2)CCCC3c2ccc3c(c2)OCO3)sn1. The number of nitrogens with zero attached hydrogens (tertiary/aromatic N) is 6. The van der Waals surface area contributed by atoms with Crippen molar-refractivity contribution in [3.8, 4) is 11.5 Å². The van der Waals surface area contributed by atoms with Crippen LogP contribution in [0, 0.1) is 18.8 Å². The normalized spacial score (nSPS) is 31.0. The fourth-order valence-electron chi connectivity index (χ4n) is 6.74. The highest BCUT2D eigenvalue weighted by molar-refractivity contribution is 7.10. The molecule has 2 aromatic heterocycles. The van der Waals surface area contributed by atoms with Crippen molar-refractivity contribution in [2.24, 2.45) is 11.8 Å². The van der Waals surface area contributed by atoms with E-state index in [1.807, 2.05) is 6.07 Å². The molecule has 4 aliphatic heterocycles. The standard InChI is InChI=1S/C24H26N6O2S/c1-13-7-21(33-27-13)28-10-15-8-18-22(17(15)11-28)30(18)24-25-23-16(3-2-6-29(23)26-24)14-4-5-19-20(9-14)32-12-31-19/h4-5,7,9,15-18,22H,2-3,6,8,10-12H2,1H3/t15?,16?,17-,18-,22+,30?/m1/s1. The average molecular weight is 463 g/mol. The number of fused-ring (bicyclic) bond motifs is 5. The summed E-state index contributed by atoms with van der Waals surface area (Å²) in [4.78, 5) is 10.2. The number of rotatable bonds is 3. The van der Waals surface area contributed by atoms with Crippen molar-refractivity contribution in [3.05, 3.63) is 41.3 Å². The molecular weight excluding hydrogens is 436 g/mol. The summed E-state index contributed by atoms with van der Waals surface area (Å²) < 4.78 is 17.8. The molecule has 0 radical (unpaired) electrons. The van der Waals surface area contributed by atoms with Crippen LogP contribution in [0.3, 0.4) is 0 Å². The molecule has 0 bridgehead atoms. The molecule has 1 aliphatic carbocycles. The Morgan fingerprint density at radius 1 is 1.12 bits per heavy atom. The van der Waals surface area contributed by atoms with Gasteiger partial charge in [-0.3, -0.25) is 0 Å². The molecule has 3 aromatic rings. The summed E-state index contributed by atoms with van der Waals surface area (Å²) in [7, 11) is 0. The largest absolute Gasteiger partial charge is 0.454 e. The van der Waals surface area contributed by atoms with Crippen LogP contribution in [0.15, 0.2) is 24.3 Å². The zero-order chi connectivity index (χ0) is 21.7. The Morgan fingerprint density at radius 3 is 2.97 bits per heavy atom. The molecular formula is C24H26N6O2S. The monoisotopic (exact) mass is 462 g/mol. The van der Waals surface area contributed by atoms with Crippen molar-refractivity contribution < 1.29 is 9.47 Å². The summed E-state index contributed by atoms with van der Waals surface area (Å²) >= 11 is 1.64.